The Hall–Kier alpha value is -0.570. The van der Waals surface area contributed by atoms with Crippen LogP contribution in [0.5, 0.6) is 0 Å². The monoisotopic (exact) mass is 314 g/mol. The van der Waals surface area contributed by atoms with Gasteiger partial charge in [-0.1, -0.05) is 83.5 Å². The summed E-state index contributed by atoms with van der Waals surface area (Å²) in [7, 11) is 0. The molecule has 0 spiro atoms. The van der Waals surface area contributed by atoms with Gasteiger partial charge in [0.05, 0.1) is 6.10 Å². The molecular formula is C19H38O3. The summed E-state index contributed by atoms with van der Waals surface area (Å²) < 4.78 is 0. The molecule has 132 valence electrons. The van der Waals surface area contributed by atoms with Crippen molar-refractivity contribution in [3.8, 4) is 0 Å². The second-order valence-electron chi connectivity index (χ2n) is 6.73. The first-order valence-corrected chi connectivity index (χ1v) is 9.53. The lowest BCUT2D eigenvalue weighted by molar-refractivity contribution is -0.137. The van der Waals surface area contributed by atoms with Crippen LogP contribution >= 0.6 is 0 Å². The van der Waals surface area contributed by atoms with Crippen LogP contribution in [0.1, 0.15) is 110 Å². The molecular weight excluding hydrogens is 276 g/mol. The summed E-state index contributed by atoms with van der Waals surface area (Å²) in [5.41, 5.74) is 0. The summed E-state index contributed by atoms with van der Waals surface area (Å²) in [4.78, 5) is 10.4. The summed E-state index contributed by atoms with van der Waals surface area (Å²) >= 11 is 0. The molecule has 0 heterocycles. The van der Waals surface area contributed by atoms with Crippen LogP contribution in [0.15, 0.2) is 0 Å². The SMILES string of the molecule is C[C@@H](O)CCCCCCCCCCCCCCCCC(=O)O. The first kappa shape index (κ1) is 21.4. The van der Waals surface area contributed by atoms with Crippen molar-refractivity contribution in [1.82, 2.24) is 0 Å². The minimum atomic E-state index is -0.664. The van der Waals surface area contributed by atoms with Gasteiger partial charge in [-0.05, 0) is 19.8 Å². The molecule has 1 atom stereocenters. The molecule has 0 aliphatic carbocycles. The van der Waals surface area contributed by atoms with Crippen LogP contribution in [0, 0.1) is 0 Å². The quantitative estimate of drug-likeness (QED) is 0.339. The Balaban J connectivity index is 2.98. The summed E-state index contributed by atoms with van der Waals surface area (Å²) in [6, 6.07) is 0. The second-order valence-corrected chi connectivity index (χ2v) is 6.73. The Morgan fingerprint density at radius 2 is 1.00 bits per heavy atom. The van der Waals surface area contributed by atoms with Crippen molar-refractivity contribution >= 4 is 5.97 Å². The number of aliphatic carboxylic acids is 1. The van der Waals surface area contributed by atoms with E-state index in [9.17, 15) is 4.79 Å². The van der Waals surface area contributed by atoms with Gasteiger partial charge in [0.15, 0.2) is 0 Å². The summed E-state index contributed by atoms with van der Waals surface area (Å²) in [6.07, 6.45) is 18.8. The minimum Gasteiger partial charge on any atom is -0.481 e. The molecule has 3 nitrogen and oxygen atoms in total. The molecule has 0 unspecified atom stereocenters. The highest BCUT2D eigenvalue weighted by molar-refractivity contribution is 5.66. The van der Waals surface area contributed by atoms with E-state index >= 15 is 0 Å². The molecule has 0 aromatic carbocycles. The van der Waals surface area contributed by atoms with Crippen molar-refractivity contribution in [2.75, 3.05) is 0 Å². The molecule has 0 amide bonds. The van der Waals surface area contributed by atoms with Crippen molar-refractivity contribution in [1.29, 1.82) is 0 Å². The van der Waals surface area contributed by atoms with Gasteiger partial charge in [0.2, 0.25) is 0 Å². The molecule has 22 heavy (non-hydrogen) atoms. The largest absolute Gasteiger partial charge is 0.481 e. The fourth-order valence-corrected chi connectivity index (χ4v) is 2.84. The molecule has 0 aliphatic rings. The van der Waals surface area contributed by atoms with E-state index in [2.05, 4.69) is 0 Å². The number of carboxylic acid groups (broad SMARTS) is 1. The van der Waals surface area contributed by atoms with Crippen LogP contribution in [0.3, 0.4) is 0 Å². The van der Waals surface area contributed by atoms with E-state index in [0.29, 0.717) is 6.42 Å². The van der Waals surface area contributed by atoms with E-state index in [-0.39, 0.29) is 6.10 Å². The van der Waals surface area contributed by atoms with Crippen molar-refractivity contribution < 1.29 is 15.0 Å². The molecule has 3 heteroatoms. The lowest BCUT2D eigenvalue weighted by atomic mass is 10.0. The third-order valence-corrected chi connectivity index (χ3v) is 4.26. The van der Waals surface area contributed by atoms with Crippen molar-refractivity contribution in [2.24, 2.45) is 0 Å². The van der Waals surface area contributed by atoms with Gasteiger partial charge in [0.1, 0.15) is 0 Å². The molecule has 2 N–H and O–H groups in total. The fraction of sp³-hybridized carbons (Fsp3) is 0.947. The predicted molar refractivity (Wildman–Crippen MR) is 93.2 cm³/mol. The van der Waals surface area contributed by atoms with Gasteiger partial charge < -0.3 is 10.2 Å². The zero-order valence-electron chi connectivity index (χ0n) is 14.7. The van der Waals surface area contributed by atoms with Crippen LogP contribution < -0.4 is 0 Å². The molecule has 0 bridgehead atoms. The van der Waals surface area contributed by atoms with Crippen LogP contribution in [0.2, 0.25) is 0 Å². The van der Waals surface area contributed by atoms with Crippen LogP contribution in [0.4, 0.5) is 0 Å². The number of carboxylic acids is 1. The number of aliphatic hydroxyl groups excluding tert-OH is 1. The van der Waals surface area contributed by atoms with Crippen LogP contribution in [0.25, 0.3) is 0 Å². The molecule has 0 aromatic heterocycles. The Morgan fingerprint density at radius 3 is 1.32 bits per heavy atom. The van der Waals surface area contributed by atoms with E-state index in [0.717, 1.165) is 19.3 Å². The first-order valence-electron chi connectivity index (χ1n) is 9.53. The van der Waals surface area contributed by atoms with Gasteiger partial charge in [0.25, 0.3) is 0 Å². The highest BCUT2D eigenvalue weighted by Crippen LogP contribution is 2.14. The lowest BCUT2D eigenvalue weighted by Gasteiger charge is -2.04. The predicted octanol–water partition coefficient (Wildman–Crippen LogP) is 5.69. The van der Waals surface area contributed by atoms with Gasteiger partial charge in [-0.25, -0.2) is 0 Å². The minimum absolute atomic E-state index is 0.128. The van der Waals surface area contributed by atoms with Gasteiger partial charge in [0, 0.05) is 6.42 Å². The number of rotatable bonds is 17. The van der Waals surface area contributed by atoms with Crippen molar-refractivity contribution in [3.05, 3.63) is 0 Å². The standard InChI is InChI=1S/C19H38O3/c1-18(20)16-14-12-10-8-6-4-2-3-5-7-9-11-13-15-17-19(21)22/h18,20H,2-17H2,1H3,(H,21,22)/t18-/m1/s1. The van der Waals surface area contributed by atoms with E-state index in [1.54, 1.807) is 0 Å². The maximum Gasteiger partial charge on any atom is 0.303 e. The molecule has 0 aromatic rings. The maximum atomic E-state index is 10.4. The number of carbonyl (C=O) groups is 1. The fourth-order valence-electron chi connectivity index (χ4n) is 2.84. The van der Waals surface area contributed by atoms with Gasteiger partial charge in [-0.3, -0.25) is 4.79 Å². The smallest absolute Gasteiger partial charge is 0.303 e. The Morgan fingerprint density at radius 1 is 0.682 bits per heavy atom. The number of hydrogen-bond acceptors (Lipinski definition) is 2. The van der Waals surface area contributed by atoms with E-state index in [1.807, 2.05) is 6.92 Å². The number of unbranched alkanes of at least 4 members (excludes halogenated alkanes) is 13. The van der Waals surface area contributed by atoms with E-state index < -0.39 is 5.97 Å². The molecule has 0 radical (unpaired) electrons. The Kier molecular flexibility index (Phi) is 16.4. The van der Waals surface area contributed by atoms with Gasteiger partial charge in [-0.2, -0.15) is 0 Å². The second kappa shape index (κ2) is 16.8. The van der Waals surface area contributed by atoms with Crippen molar-refractivity contribution in [3.63, 3.8) is 0 Å². The third kappa shape index (κ3) is 19.4. The number of aliphatic hydroxyl groups is 1. The summed E-state index contributed by atoms with van der Waals surface area (Å²) in [5.74, 6) is -0.664. The third-order valence-electron chi connectivity index (χ3n) is 4.26. The van der Waals surface area contributed by atoms with Gasteiger partial charge >= 0.3 is 5.97 Å². The van der Waals surface area contributed by atoms with Gasteiger partial charge in [-0.15, -0.1) is 0 Å². The molecule has 0 rings (SSSR count). The van der Waals surface area contributed by atoms with Crippen LogP contribution in [-0.2, 0) is 4.79 Å². The summed E-state index contributed by atoms with van der Waals surface area (Å²) in [5, 5.41) is 17.7. The lowest BCUT2D eigenvalue weighted by Crippen LogP contribution is -1.98. The Labute approximate surface area is 137 Å². The maximum absolute atomic E-state index is 10.4. The topological polar surface area (TPSA) is 57.5 Å². The summed E-state index contributed by atoms with van der Waals surface area (Å²) in [6.45, 7) is 1.87. The average molecular weight is 315 g/mol. The molecule has 0 aliphatic heterocycles. The normalized spacial score (nSPS) is 12.5. The molecule has 0 fully saturated rings. The first-order chi connectivity index (χ1) is 10.6. The molecule has 0 saturated carbocycles. The van der Waals surface area contributed by atoms with E-state index in [4.69, 9.17) is 10.2 Å². The van der Waals surface area contributed by atoms with Crippen molar-refractivity contribution in [2.45, 2.75) is 116 Å². The highest BCUT2D eigenvalue weighted by Gasteiger charge is 1.98. The highest BCUT2D eigenvalue weighted by atomic mass is 16.4. The number of hydrogen-bond donors (Lipinski definition) is 2. The van der Waals surface area contributed by atoms with Crippen LogP contribution in [-0.4, -0.2) is 22.3 Å². The molecule has 0 saturated heterocycles. The van der Waals surface area contributed by atoms with E-state index in [1.165, 1.54) is 77.0 Å². The average Bonchev–Trinajstić information content (AvgIpc) is 2.46. The Bertz CT molecular complexity index is 239. The zero-order valence-corrected chi connectivity index (χ0v) is 14.7. The zero-order chi connectivity index (χ0) is 16.5.